The molecule has 0 aromatic heterocycles. The molecule has 0 unspecified atom stereocenters. The van der Waals surface area contributed by atoms with E-state index in [2.05, 4.69) is 0 Å². The summed E-state index contributed by atoms with van der Waals surface area (Å²) in [6.07, 6.45) is -0.110. The minimum Gasteiger partial charge on any atom is -0.486 e. The second-order valence-electron chi connectivity index (χ2n) is 5.05. The molecule has 2 aromatic carbocycles. The molecule has 0 spiro atoms. The van der Waals surface area contributed by atoms with Crippen molar-refractivity contribution in [1.29, 1.82) is 0 Å². The zero-order valence-electron chi connectivity index (χ0n) is 12.5. The van der Waals surface area contributed by atoms with Gasteiger partial charge in [0.2, 0.25) is 0 Å². The van der Waals surface area contributed by atoms with Crippen LogP contribution in [0, 0.1) is 11.6 Å². The number of aryl methyl sites for hydroxylation is 1. The molecule has 126 valence electrons. The van der Waals surface area contributed by atoms with E-state index in [1.54, 1.807) is 6.07 Å². The van der Waals surface area contributed by atoms with Crippen molar-refractivity contribution in [1.82, 2.24) is 0 Å². The van der Waals surface area contributed by atoms with Crippen LogP contribution in [0.5, 0.6) is 5.75 Å². The third kappa shape index (κ3) is 4.52. The number of aliphatic carboxylic acids is 1. The molecule has 0 amide bonds. The van der Waals surface area contributed by atoms with Gasteiger partial charge in [0, 0.05) is 12.5 Å². The molecule has 24 heavy (non-hydrogen) atoms. The quantitative estimate of drug-likeness (QED) is 0.811. The summed E-state index contributed by atoms with van der Waals surface area (Å²) in [4.78, 5) is 21.9. The van der Waals surface area contributed by atoms with Gasteiger partial charge in [-0.2, -0.15) is 0 Å². The van der Waals surface area contributed by atoms with Crippen LogP contribution in [0.25, 0.3) is 0 Å². The summed E-state index contributed by atoms with van der Waals surface area (Å²) in [5.74, 6) is -3.88. The molecule has 7 heteroatoms. The Morgan fingerprint density at radius 1 is 1.04 bits per heavy atom. The molecule has 0 aliphatic carbocycles. The van der Waals surface area contributed by atoms with Crippen molar-refractivity contribution in [3.8, 4) is 5.75 Å². The summed E-state index contributed by atoms with van der Waals surface area (Å²) in [6.45, 7) is -0.153. The second kappa shape index (κ2) is 7.54. The van der Waals surface area contributed by atoms with Gasteiger partial charge in [-0.1, -0.05) is 12.1 Å². The zero-order chi connectivity index (χ0) is 17.7. The van der Waals surface area contributed by atoms with E-state index in [1.807, 2.05) is 0 Å². The summed E-state index contributed by atoms with van der Waals surface area (Å²) < 4.78 is 31.7. The van der Waals surface area contributed by atoms with Gasteiger partial charge in [-0.15, -0.1) is 0 Å². The fourth-order valence-corrected chi connectivity index (χ4v) is 2.12. The molecule has 0 radical (unpaired) electrons. The highest BCUT2D eigenvalue weighted by molar-refractivity contribution is 5.89. The fourth-order valence-electron chi connectivity index (χ4n) is 2.12. The van der Waals surface area contributed by atoms with Gasteiger partial charge in [0.25, 0.3) is 0 Å². The molecule has 0 aliphatic heterocycles. The molecule has 0 saturated heterocycles. The topological polar surface area (TPSA) is 83.8 Å². The van der Waals surface area contributed by atoms with Crippen molar-refractivity contribution >= 4 is 11.9 Å². The van der Waals surface area contributed by atoms with Crippen LogP contribution in [-0.4, -0.2) is 22.2 Å². The summed E-state index contributed by atoms with van der Waals surface area (Å²) in [6, 6.07) is 7.17. The summed E-state index contributed by atoms with van der Waals surface area (Å²) in [7, 11) is 0. The predicted molar refractivity (Wildman–Crippen MR) is 80.0 cm³/mol. The molecule has 0 bridgehead atoms. The summed E-state index contributed by atoms with van der Waals surface area (Å²) >= 11 is 0. The normalized spacial score (nSPS) is 10.4. The van der Waals surface area contributed by atoms with Gasteiger partial charge in [0.05, 0.1) is 5.56 Å². The van der Waals surface area contributed by atoms with E-state index < -0.39 is 23.6 Å². The van der Waals surface area contributed by atoms with Crippen LogP contribution in [0.2, 0.25) is 0 Å². The number of aromatic carboxylic acids is 1. The van der Waals surface area contributed by atoms with E-state index in [1.165, 1.54) is 12.1 Å². The van der Waals surface area contributed by atoms with Crippen LogP contribution < -0.4 is 4.74 Å². The first kappa shape index (κ1) is 17.4. The molecular formula is C17H14F2O5. The highest BCUT2D eigenvalue weighted by Gasteiger charge is 2.13. The Morgan fingerprint density at radius 2 is 1.79 bits per heavy atom. The first-order valence-electron chi connectivity index (χ1n) is 7.01. The van der Waals surface area contributed by atoms with Crippen molar-refractivity contribution in [3.05, 3.63) is 64.7 Å². The van der Waals surface area contributed by atoms with Crippen molar-refractivity contribution in [3.63, 3.8) is 0 Å². The maximum atomic E-state index is 13.5. The van der Waals surface area contributed by atoms with E-state index in [0.717, 1.165) is 18.2 Å². The van der Waals surface area contributed by atoms with Gasteiger partial charge in [-0.25, -0.2) is 13.6 Å². The highest BCUT2D eigenvalue weighted by Crippen LogP contribution is 2.21. The summed E-state index contributed by atoms with van der Waals surface area (Å²) in [5, 5.41) is 17.9. The number of hydrogen-bond acceptors (Lipinski definition) is 3. The molecule has 0 fully saturated rings. The second-order valence-corrected chi connectivity index (χ2v) is 5.05. The van der Waals surface area contributed by atoms with Crippen molar-refractivity contribution in [2.75, 3.05) is 0 Å². The van der Waals surface area contributed by atoms with E-state index in [0.29, 0.717) is 11.1 Å². The van der Waals surface area contributed by atoms with Crippen LogP contribution in [0.15, 0.2) is 36.4 Å². The molecule has 0 aliphatic rings. The number of carboxylic acid groups (broad SMARTS) is 2. The Hall–Kier alpha value is -2.96. The van der Waals surface area contributed by atoms with E-state index >= 15 is 0 Å². The van der Waals surface area contributed by atoms with Gasteiger partial charge >= 0.3 is 11.9 Å². The third-order valence-electron chi connectivity index (χ3n) is 3.30. The molecule has 2 N–H and O–H groups in total. The Bertz CT molecular complexity index is 774. The lowest BCUT2D eigenvalue weighted by Crippen LogP contribution is -2.07. The van der Waals surface area contributed by atoms with Crippen LogP contribution in [0.3, 0.4) is 0 Å². The Kier molecular flexibility index (Phi) is 5.47. The number of benzene rings is 2. The largest absolute Gasteiger partial charge is 0.486 e. The van der Waals surface area contributed by atoms with Crippen LogP contribution in [0.1, 0.15) is 27.9 Å². The maximum absolute atomic E-state index is 13.5. The molecule has 0 atom stereocenters. The number of halogens is 2. The zero-order valence-corrected chi connectivity index (χ0v) is 12.5. The molecular weight excluding hydrogens is 322 g/mol. The number of carbonyl (C=O) groups is 2. The molecule has 5 nitrogen and oxygen atoms in total. The van der Waals surface area contributed by atoms with E-state index in [-0.39, 0.29) is 30.8 Å². The smallest absolute Gasteiger partial charge is 0.335 e. The number of ether oxygens (including phenoxy) is 1. The lowest BCUT2D eigenvalue weighted by atomic mass is 10.0. The molecule has 2 aromatic rings. The van der Waals surface area contributed by atoms with Crippen molar-refractivity contribution in [2.24, 2.45) is 0 Å². The average molecular weight is 336 g/mol. The fraction of sp³-hybridized carbons (Fsp3) is 0.176. The monoisotopic (exact) mass is 336 g/mol. The van der Waals surface area contributed by atoms with Gasteiger partial charge < -0.3 is 14.9 Å². The van der Waals surface area contributed by atoms with Crippen LogP contribution in [0.4, 0.5) is 8.78 Å². The SMILES string of the molecule is O=C(O)CCc1ccc(COc2cc(F)ccc2F)cc1C(=O)O. The first-order chi connectivity index (χ1) is 11.4. The molecule has 2 rings (SSSR count). The van der Waals surface area contributed by atoms with Crippen molar-refractivity contribution < 1.29 is 33.3 Å². The third-order valence-corrected chi connectivity index (χ3v) is 3.30. The molecule has 0 heterocycles. The van der Waals surface area contributed by atoms with Crippen molar-refractivity contribution in [2.45, 2.75) is 19.4 Å². The van der Waals surface area contributed by atoms with Crippen LogP contribution in [-0.2, 0) is 17.8 Å². The first-order valence-corrected chi connectivity index (χ1v) is 7.01. The predicted octanol–water partition coefficient (Wildman–Crippen LogP) is 3.26. The Balaban J connectivity index is 2.16. The van der Waals surface area contributed by atoms with Crippen LogP contribution >= 0.6 is 0 Å². The van der Waals surface area contributed by atoms with Gasteiger partial charge in [0.1, 0.15) is 12.4 Å². The summed E-state index contributed by atoms with van der Waals surface area (Å²) in [5.41, 5.74) is 0.776. The number of hydrogen-bond donors (Lipinski definition) is 2. The average Bonchev–Trinajstić information content (AvgIpc) is 2.54. The lowest BCUT2D eigenvalue weighted by molar-refractivity contribution is -0.136. The maximum Gasteiger partial charge on any atom is 0.335 e. The Labute approximate surface area is 136 Å². The minimum absolute atomic E-state index is 0.0444. The van der Waals surface area contributed by atoms with Gasteiger partial charge in [0.15, 0.2) is 11.6 Å². The minimum atomic E-state index is -1.20. The van der Waals surface area contributed by atoms with Gasteiger partial charge in [-0.3, -0.25) is 4.79 Å². The van der Waals surface area contributed by atoms with Gasteiger partial charge in [-0.05, 0) is 35.7 Å². The number of rotatable bonds is 7. The highest BCUT2D eigenvalue weighted by atomic mass is 19.1. The standard InChI is InChI=1S/C17H14F2O5/c18-12-4-5-14(19)15(8-12)24-9-10-1-2-11(3-6-16(20)21)13(7-10)17(22)23/h1-2,4-5,7-8H,3,6,9H2,(H,20,21)(H,22,23). The lowest BCUT2D eigenvalue weighted by Gasteiger charge is -2.10. The van der Waals surface area contributed by atoms with E-state index in [9.17, 15) is 23.5 Å². The molecule has 0 saturated carbocycles. The Morgan fingerprint density at radius 3 is 2.46 bits per heavy atom. The number of carboxylic acids is 2. The van der Waals surface area contributed by atoms with E-state index in [4.69, 9.17) is 9.84 Å².